The van der Waals surface area contributed by atoms with Crippen LogP contribution in [0, 0.1) is 0 Å². The first kappa shape index (κ1) is 14.4. The first-order valence-corrected chi connectivity index (χ1v) is 6.29. The molecule has 0 atom stereocenters. The maximum atomic E-state index is 12.8. The van der Waals surface area contributed by atoms with Crippen LogP contribution in [0.1, 0.15) is 25.0 Å². The van der Waals surface area contributed by atoms with E-state index in [0.717, 1.165) is 0 Å². The molecule has 0 aromatic heterocycles. The maximum absolute atomic E-state index is 12.8. The van der Waals surface area contributed by atoms with Crippen molar-refractivity contribution >= 4 is 11.8 Å². The molecule has 0 amide bonds. The van der Waals surface area contributed by atoms with E-state index in [-0.39, 0.29) is 23.8 Å². The van der Waals surface area contributed by atoms with Crippen LogP contribution in [0.4, 0.5) is 13.2 Å². The Morgan fingerprint density at radius 2 is 1.94 bits per heavy atom. The lowest BCUT2D eigenvalue weighted by atomic mass is 10.0. The highest BCUT2D eigenvalue weighted by Crippen LogP contribution is 2.35. The average Bonchev–Trinajstić information content (AvgIpc) is 2.18. The summed E-state index contributed by atoms with van der Waals surface area (Å²) in [4.78, 5) is 0.646. The molecule has 0 unspecified atom stereocenters. The molecule has 17 heavy (non-hydrogen) atoms. The van der Waals surface area contributed by atoms with Crippen molar-refractivity contribution in [2.45, 2.75) is 36.6 Å². The Morgan fingerprint density at radius 3 is 2.41 bits per heavy atom. The molecule has 2 N–H and O–H groups in total. The molecule has 0 saturated carbocycles. The Labute approximate surface area is 104 Å². The van der Waals surface area contributed by atoms with Crippen molar-refractivity contribution in [3.05, 3.63) is 29.3 Å². The fourth-order valence-electron chi connectivity index (χ4n) is 1.54. The van der Waals surface area contributed by atoms with E-state index < -0.39 is 11.7 Å². The molecule has 5 heteroatoms. The van der Waals surface area contributed by atoms with E-state index in [4.69, 9.17) is 5.73 Å². The van der Waals surface area contributed by atoms with Gasteiger partial charge in [-0.15, -0.1) is 11.8 Å². The van der Waals surface area contributed by atoms with Crippen LogP contribution in [0.2, 0.25) is 0 Å². The molecule has 1 aromatic rings. The summed E-state index contributed by atoms with van der Waals surface area (Å²) in [6.07, 6.45) is -4.06. The first-order chi connectivity index (χ1) is 7.84. The van der Waals surface area contributed by atoms with Crippen molar-refractivity contribution in [3.8, 4) is 0 Å². The standard InChI is InChI=1S/C12H16F3NS/c1-8(2)17-10-4-3-9(5-6-16)11(7-10)12(13,14)15/h3-4,7-8H,5-6,16H2,1-2H3. The van der Waals surface area contributed by atoms with Crippen LogP contribution < -0.4 is 5.73 Å². The second-order valence-electron chi connectivity index (χ2n) is 4.02. The van der Waals surface area contributed by atoms with Crippen LogP contribution in [0.5, 0.6) is 0 Å². The van der Waals surface area contributed by atoms with Crippen molar-refractivity contribution in [1.29, 1.82) is 0 Å². The van der Waals surface area contributed by atoms with Crippen LogP contribution in [0.3, 0.4) is 0 Å². The summed E-state index contributed by atoms with van der Waals surface area (Å²) in [5.41, 5.74) is 5.03. The average molecular weight is 263 g/mol. The Morgan fingerprint density at radius 1 is 1.29 bits per heavy atom. The fraction of sp³-hybridized carbons (Fsp3) is 0.500. The number of thioether (sulfide) groups is 1. The Balaban J connectivity index is 3.10. The Bertz CT molecular complexity index is 375. The van der Waals surface area contributed by atoms with E-state index in [2.05, 4.69) is 0 Å². The van der Waals surface area contributed by atoms with Crippen molar-refractivity contribution in [3.63, 3.8) is 0 Å². The molecular formula is C12H16F3NS. The van der Waals surface area contributed by atoms with Gasteiger partial charge in [-0.3, -0.25) is 0 Å². The summed E-state index contributed by atoms with van der Waals surface area (Å²) in [5.74, 6) is 0. The summed E-state index contributed by atoms with van der Waals surface area (Å²) in [7, 11) is 0. The monoisotopic (exact) mass is 263 g/mol. The molecule has 0 heterocycles. The Kier molecular flexibility index (Phi) is 4.89. The quantitative estimate of drug-likeness (QED) is 0.838. The summed E-state index contributed by atoms with van der Waals surface area (Å²) in [6.45, 7) is 4.12. The zero-order valence-corrected chi connectivity index (χ0v) is 10.7. The van der Waals surface area contributed by atoms with E-state index in [1.165, 1.54) is 23.9 Å². The van der Waals surface area contributed by atoms with Gasteiger partial charge < -0.3 is 5.73 Å². The number of alkyl halides is 3. The molecule has 0 bridgehead atoms. The van der Waals surface area contributed by atoms with Gasteiger partial charge in [-0.2, -0.15) is 13.2 Å². The molecule has 1 nitrogen and oxygen atoms in total. The van der Waals surface area contributed by atoms with Gasteiger partial charge in [0.05, 0.1) is 5.56 Å². The maximum Gasteiger partial charge on any atom is 0.416 e. The molecule has 1 aromatic carbocycles. The van der Waals surface area contributed by atoms with Gasteiger partial charge in [-0.1, -0.05) is 19.9 Å². The second kappa shape index (κ2) is 5.78. The number of nitrogens with two attached hydrogens (primary N) is 1. The SMILES string of the molecule is CC(C)Sc1ccc(CCN)c(C(F)(F)F)c1. The van der Waals surface area contributed by atoms with Gasteiger partial charge in [0.15, 0.2) is 0 Å². The predicted octanol–water partition coefficient (Wildman–Crippen LogP) is 3.71. The highest BCUT2D eigenvalue weighted by Gasteiger charge is 2.33. The van der Waals surface area contributed by atoms with E-state index in [0.29, 0.717) is 4.90 Å². The molecular weight excluding hydrogens is 247 g/mol. The number of benzene rings is 1. The molecule has 96 valence electrons. The molecule has 0 aliphatic rings. The minimum Gasteiger partial charge on any atom is -0.330 e. The Hall–Kier alpha value is -0.680. The van der Waals surface area contributed by atoms with Crippen LogP contribution in [-0.2, 0) is 12.6 Å². The molecule has 0 fully saturated rings. The predicted molar refractivity (Wildman–Crippen MR) is 65.2 cm³/mol. The minimum absolute atomic E-state index is 0.222. The van der Waals surface area contributed by atoms with E-state index in [9.17, 15) is 13.2 Å². The van der Waals surface area contributed by atoms with Gasteiger partial charge in [0.2, 0.25) is 0 Å². The van der Waals surface area contributed by atoms with Crippen LogP contribution in [0.15, 0.2) is 23.1 Å². The third kappa shape index (κ3) is 4.24. The van der Waals surface area contributed by atoms with Crippen molar-refractivity contribution in [2.24, 2.45) is 5.73 Å². The van der Waals surface area contributed by atoms with Crippen LogP contribution in [-0.4, -0.2) is 11.8 Å². The molecule has 1 rings (SSSR count). The van der Waals surface area contributed by atoms with Gasteiger partial charge in [0, 0.05) is 10.1 Å². The molecule has 0 aliphatic heterocycles. The zero-order chi connectivity index (χ0) is 13.1. The number of halogens is 3. The highest BCUT2D eigenvalue weighted by molar-refractivity contribution is 7.99. The van der Waals surface area contributed by atoms with Gasteiger partial charge in [-0.05, 0) is 30.7 Å². The number of hydrogen-bond acceptors (Lipinski definition) is 2. The lowest BCUT2D eigenvalue weighted by molar-refractivity contribution is -0.138. The molecule has 0 saturated heterocycles. The third-order valence-corrected chi connectivity index (χ3v) is 3.17. The zero-order valence-electron chi connectivity index (χ0n) is 9.84. The van der Waals surface area contributed by atoms with E-state index in [1.807, 2.05) is 13.8 Å². The number of hydrogen-bond donors (Lipinski definition) is 1. The van der Waals surface area contributed by atoms with Crippen molar-refractivity contribution in [2.75, 3.05) is 6.54 Å². The fourth-order valence-corrected chi connectivity index (χ4v) is 2.42. The third-order valence-electron chi connectivity index (χ3n) is 2.17. The normalized spacial score (nSPS) is 12.2. The summed E-state index contributed by atoms with van der Waals surface area (Å²) in [6, 6.07) is 4.47. The summed E-state index contributed by atoms with van der Waals surface area (Å²) < 4.78 is 38.5. The van der Waals surface area contributed by atoms with Gasteiger partial charge >= 0.3 is 6.18 Å². The molecule has 0 radical (unpaired) electrons. The lowest BCUT2D eigenvalue weighted by Crippen LogP contribution is -2.12. The summed E-state index contributed by atoms with van der Waals surface area (Å²) >= 11 is 1.42. The molecule has 0 spiro atoms. The van der Waals surface area contributed by atoms with Crippen LogP contribution >= 0.6 is 11.8 Å². The molecule has 0 aliphatic carbocycles. The minimum atomic E-state index is -4.31. The van der Waals surface area contributed by atoms with Crippen molar-refractivity contribution in [1.82, 2.24) is 0 Å². The van der Waals surface area contributed by atoms with E-state index >= 15 is 0 Å². The smallest absolute Gasteiger partial charge is 0.330 e. The first-order valence-electron chi connectivity index (χ1n) is 5.41. The largest absolute Gasteiger partial charge is 0.416 e. The summed E-state index contributed by atoms with van der Waals surface area (Å²) in [5, 5.41) is 0.261. The van der Waals surface area contributed by atoms with Gasteiger partial charge in [0.25, 0.3) is 0 Å². The lowest BCUT2D eigenvalue weighted by Gasteiger charge is -2.14. The van der Waals surface area contributed by atoms with E-state index in [1.54, 1.807) is 6.07 Å². The van der Waals surface area contributed by atoms with Gasteiger partial charge in [0.1, 0.15) is 0 Å². The number of rotatable bonds is 4. The van der Waals surface area contributed by atoms with Crippen LogP contribution in [0.25, 0.3) is 0 Å². The topological polar surface area (TPSA) is 26.0 Å². The van der Waals surface area contributed by atoms with Gasteiger partial charge in [-0.25, -0.2) is 0 Å². The highest BCUT2D eigenvalue weighted by atomic mass is 32.2. The second-order valence-corrected chi connectivity index (χ2v) is 5.67. The van der Waals surface area contributed by atoms with Crippen molar-refractivity contribution < 1.29 is 13.2 Å².